The van der Waals surface area contributed by atoms with Gasteiger partial charge >= 0.3 is 0 Å². The van der Waals surface area contributed by atoms with Gasteiger partial charge in [-0.3, -0.25) is 4.98 Å². The molecule has 29 heavy (non-hydrogen) atoms. The molecule has 0 N–H and O–H groups in total. The van der Waals surface area contributed by atoms with E-state index in [0.717, 1.165) is 43.6 Å². The van der Waals surface area contributed by atoms with E-state index in [0.29, 0.717) is 26.2 Å². The molecule has 0 saturated carbocycles. The number of hydrogen-bond donors (Lipinski definition) is 0. The fourth-order valence-electron chi connectivity index (χ4n) is 3.70. The standard InChI is InChI=1S/C19H27N7O2S/c1-16-21-18(24-8-6-23(2)7-9-24)14-19(22-16)25-10-12-26(13-11-25)29(27,28)17-4-3-5-20-15-17/h3-5,14-15H,6-13H2,1-2H3. The molecule has 0 bridgehead atoms. The van der Waals surface area contributed by atoms with Gasteiger partial charge in [-0.05, 0) is 26.1 Å². The number of sulfonamides is 1. The van der Waals surface area contributed by atoms with Crippen LogP contribution in [-0.4, -0.2) is 92.0 Å². The maximum absolute atomic E-state index is 12.8. The van der Waals surface area contributed by atoms with Gasteiger partial charge in [0.1, 0.15) is 22.4 Å². The van der Waals surface area contributed by atoms with E-state index in [9.17, 15) is 8.42 Å². The van der Waals surface area contributed by atoms with Crippen LogP contribution in [0.15, 0.2) is 35.5 Å². The van der Waals surface area contributed by atoms with Crippen molar-refractivity contribution < 1.29 is 8.42 Å². The average molecular weight is 418 g/mol. The van der Waals surface area contributed by atoms with E-state index in [-0.39, 0.29) is 4.90 Å². The van der Waals surface area contributed by atoms with Gasteiger partial charge in [0.25, 0.3) is 0 Å². The fraction of sp³-hybridized carbons (Fsp3) is 0.526. The van der Waals surface area contributed by atoms with Crippen LogP contribution in [0.25, 0.3) is 0 Å². The van der Waals surface area contributed by atoms with E-state index < -0.39 is 10.0 Å². The predicted octanol–water partition coefficient (Wildman–Crippen LogP) is 0.443. The van der Waals surface area contributed by atoms with Crippen LogP contribution < -0.4 is 9.80 Å². The Morgan fingerprint density at radius 3 is 2.03 bits per heavy atom. The third kappa shape index (κ3) is 4.34. The largest absolute Gasteiger partial charge is 0.354 e. The summed E-state index contributed by atoms with van der Waals surface area (Å²) in [6, 6.07) is 5.26. The van der Waals surface area contributed by atoms with E-state index >= 15 is 0 Å². The van der Waals surface area contributed by atoms with Crippen LogP contribution in [0.1, 0.15) is 5.82 Å². The van der Waals surface area contributed by atoms with Crippen molar-refractivity contribution in [3.8, 4) is 0 Å². The zero-order valence-electron chi connectivity index (χ0n) is 16.9. The molecule has 2 saturated heterocycles. The zero-order chi connectivity index (χ0) is 20.4. The maximum Gasteiger partial charge on any atom is 0.244 e. The quantitative estimate of drug-likeness (QED) is 0.709. The summed E-state index contributed by atoms with van der Waals surface area (Å²) in [7, 11) is -1.38. The monoisotopic (exact) mass is 417 g/mol. The van der Waals surface area contributed by atoms with Crippen molar-refractivity contribution in [3.63, 3.8) is 0 Å². The number of piperazine rings is 2. The highest BCUT2D eigenvalue weighted by Gasteiger charge is 2.29. The van der Waals surface area contributed by atoms with Gasteiger partial charge in [-0.2, -0.15) is 4.31 Å². The lowest BCUT2D eigenvalue weighted by Crippen LogP contribution is -2.49. The first-order valence-electron chi connectivity index (χ1n) is 9.88. The summed E-state index contributed by atoms with van der Waals surface area (Å²) >= 11 is 0. The Morgan fingerprint density at radius 1 is 0.897 bits per heavy atom. The van der Waals surface area contributed by atoms with Crippen LogP contribution in [0.2, 0.25) is 0 Å². The van der Waals surface area contributed by atoms with Crippen molar-refractivity contribution in [2.75, 3.05) is 69.2 Å². The zero-order valence-corrected chi connectivity index (χ0v) is 17.7. The molecule has 2 fully saturated rings. The number of pyridine rings is 1. The summed E-state index contributed by atoms with van der Waals surface area (Å²) in [5.41, 5.74) is 0. The van der Waals surface area contributed by atoms with Gasteiger partial charge in [0.15, 0.2) is 0 Å². The molecule has 0 unspecified atom stereocenters. The van der Waals surface area contributed by atoms with Crippen LogP contribution in [0.3, 0.4) is 0 Å². The Bertz CT molecular complexity index is 938. The highest BCUT2D eigenvalue weighted by molar-refractivity contribution is 7.89. The Kier molecular flexibility index (Phi) is 5.66. The highest BCUT2D eigenvalue weighted by Crippen LogP contribution is 2.23. The van der Waals surface area contributed by atoms with Crippen molar-refractivity contribution in [1.82, 2.24) is 24.2 Å². The third-order valence-corrected chi connectivity index (χ3v) is 7.36. The molecule has 0 aromatic carbocycles. The molecule has 2 aromatic rings. The molecule has 4 heterocycles. The minimum Gasteiger partial charge on any atom is -0.354 e. The molecular weight excluding hydrogens is 390 g/mol. The highest BCUT2D eigenvalue weighted by atomic mass is 32.2. The molecule has 156 valence electrons. The molecule has 10 heteroatoms. The molecule has 0 atom stereocenters. The lowest BCUT2D eigenvalue weighted by molar-refractivity contribution is 0.312. The van der Waals surface area contributed by atoms with Crippen LogP contribution in [0, 0.1) is 6.92 Å². The van der Waals surface area contributed by atoms with Crippen LogP contribution in [0.5, 0.6) is 0 Å². The first-order valence-corrected chi connectivity index (χ1v) is 11.3. The predicted molar refractivity (Wildman–Crippen MR) is 112 cm³/mol. The lowest BCUT2D eigenvalue weighted by Gasteiger charge is -2.36. The Morgan fingerprint density at radius 2 is 1.48 bits per heavy atom. The van der Waals surface area contributed by atoms with E-state index in [1.165, 1.54) is 10.5 Å². The number of aryl methyl sites for hydroxylation is 1. The SMILES string of the molecule is Cc1nc(N2CCN(C)CC2)cc(N2CCN(S(=O)(=O)c3cccnc3)CC2)n1. The van der Waals surface area contributed by atoms with E-state index in [1.807, 2.05) is 13.0 Å². The van der Waals surface area contributed by atoms with Gasteiger partial charge < -0.3 is 14.7 Å². The summed E-state index contributed by atoms with van der Waals surface area (Å²) in [5, 5.41) is 0. The summed E-state index contributed by atoms with van der Waals surface area (Å²) in [6.45, 7) is 7.87. The Labute approximate surface area is 172 Å². The second kappa shape index (κ2) is 8.21. The van der Waals surface area contributed by atoms with E-state index in [2.05, 4.69) is 36.7 Å². The summed E-state index contributed by atoms with van der Waals surface area (Å²) in [4.78, 5) is 20.2. The molecule has 4 rings (SSSR count). The number of rotatable bonds is 4. The van der Waals surface area contributed by atoms with E-state index in [4.69, 9.17) is 0 Å². The van der Waals surface area contributed by atoms with Crippen LogP contribution in [0.4, 0.5) is 11.6 Å². The Balaban J connectivity index is 1.46. The van der Waals surface area contributed by atoms with Gasteiger partial charge in [0.05, 0.1) is 0 Å². The van der Waals surface area contributed by atoms with Gasteiger partial charge in [-0.1, -0.05) is 0 Å². The molecule has 2 aliphatic rings. The van der Waals surface area contributed by atoms with E-state index in [1.54, 1.807) is 18.3 Å². The van der Waals surface area contributed by atoms with Gasteiger partial charge in [-0.15, -0.1) is 0 Å². The first kappa shape index (κ1) is 20.0. The minimum atomic E-state index is -3.51. The molecular formula is C19H27N7O2S. The molecule has 0 radical (unpaired) electrons. The van der Waals surface area contributed by atoms with Crippen molar-refractivity contribution in [1.29, 1.82) is 0 Å². The van der Waals surface area contributed by atoms with Crippen molar-refractivity contribution in [2.24, 2.45) is 0 Å². The smallest absolute Gasteiger partial charge is 0.244 e. The minimum absolute atomic E-state index is 0.240. The average Bonchev–Trinajstić information content (AvgIpc) is 2.74. The third-order valence-electron chi connectivity index (χ3n) is 5.47. The summed E-state index contributed by atoms with van der Waals surface area (Å²) in [6.07, 6.45) is 2.98. The van der Waals surface area contributed by atoms with Gasteiger partial charge in [0, 0.05) is 70.8 Å². The molecule has 9 nitrogen and oxygen atoms in total. The molecule has 0 aliphatic carbocycles. The molecule has 2 aliphatic heterocycles. The van der Waals surface area contributed by atoms with Crippen LogP contribution in [-0.2, 0) is 10.0 Å². The van der Waals surface area contributed by atoms with Crippen LogP contribution >= 0.6 is 0 Å². The number of nitrogens with zero attached hydrogens (tertiary/aromatic N) is 7. The van der Waals surface area contributed by atoms with Crippen molar-refractivity contribution in [2.45, 2.75) is 11.8 Å². The fourth-order valence-corrected chi connectivity index (χ4v) is 5.09. The van der Waals surface area contributed by atoms with Gasteiger partial charge in [0.2, 0.25) is 10.0 Å². The van der Waals surface area contributed by atoms with Crippen molar-refractivity contribution >= 4 is 21.7 Å². The van der Waals surface area contributed by atoms with Gasteiger partial charge in [-0.25, -0.2) is 18.4 Å². The lowest BCUT2D eigenvalue weighted by atomic mass is 10.3. The Hall–Kier alpha value is -2.30. The summed E-state index contributed by atoms with van der Waals surface area (Å²) in [5.74, 6) is 2.55. The maximum atomic E-state index is 12.8. The molecule has 0 amide bonds. The summed E-state index contributed by atoms with van der Waals surface area (Å²) < 4.78 is 27.1. The first-order chi connectivity index (χ1) is 13.9. The number of aromatic nitrogens is 3. The molecule has 2 aromatic heterocycles. The number of hydrogen-bond acceptors (Lipinski definition) is 8. The van der Waals surface area contributed by atoms with Crippen molar-refractivity contribution in [3.05, 3.63) is 36.4 Å². The second-order valence-electron chi connectivity index (χ2n) is 7.50. The molecule has 0 spiro atoms. The number of likely N-dealkylation sites (N-methyl/N-ethyl adjacent to an activating group) is 1. The second-order valence-corrected chi connectivity index (χ2v) is 9.44. The topological polar surface area (TPSA) is 85.8 Å². The normalized spacial score (nSPS) is 19.5. The number of anilines is 2.